The minimum Gasteiger partial charge on any atom is -0.504 e. The van der Waals surface area contributed by atoms with E-state index in [4.69, 9.17) is 4.74 Å². The van der Waals surface area contributed by atoms with Crippen molar-refractivity contribution in [2.45, 2.75) is 25.1 Å². The molecule has 0 aliphatic carbocycles. The highest BCUT2D eigenvalue weighted by molar-refractivity contribution is 7.92. The number of rotatable bonds is 6. The summed E-state index contributed by atoms with van der Waals surface area (Å²) < 4.78 is 27.3. The van der Waals surface area contributed by atoms with E-state index in [9.17, 15) is 13.5 Å². The van der Waals surface area contributed by atoms with Crippen LogP contribution in [0.2, 0.25) is 0 Å². The van der Waals surface area contributed by atoms with Crippen LogP contribution >= 0.6 is 0 Å². The summed E-state index contributed by atoms with van der Waals surface area (Å²) in [6, 6.07) is 5.20. The van der Waals surface area contributed by atoms with Gasteiger partial charge in [-0.1, -0.05) is 12.1 Å². The third-order valence-corrected chi connectivity index (χ3v) is 5.32. The Morgan fingerprint density at radius 2 is 2.00 bits per heavy atom. The number of ether oxygens (including phenoxy) is 1. The Morgan fingerprint density at radius 1 is 1.37 bits per heavy atom. The van der Waals surface area contributed by atoms with Gasteiger partial charge in [0.25, 0.3) is 0 Å². The first kappa shape index (κ1) is 15.8. The molecule has 0 saturated heterocycles. The summed E-state index contributed by atoms with van der Waals surface area (Å²) in [5.41, 5.74) is 0.670. The average Bonchev–Trinajstić information content (AvgIpc) is 2.29. The second kappa shape index (κ2) is 5.79. The minimum atomic E-state index is -3.13. The molecule has 1 aromatic carbocycles. The summed E-state index contributed by atoms with van der Waals surface area (Å²) in [5.74, 6) is 0.483. The fourth-order valence-electron chi connectivity index (χ4n) is 1.50. The van der Waals surface area contributed by atoms with Gasteiger partial charge in [0.15, 0.2) is 21.3 Å². The van der Waals surface area contributed by atoms with Gasteiger partial charge in [0.1, 0.15) is 0 Å². The number of phenolic OH excluding ortho intramolecular Hbond substituents is 1. The number of hydrogen-bond donors (Lipinski definition) is 2. The van der Waals surface area contributed by atoms with Gasteiger partial charge in [0.05, 0.1) is 11.9 Å². The maximum absolute atomic E-state index is 11.6. The molecule has 0 aromatic heterocycles. The summed E-state index contributed by atoms with van der Waals surface area (Å²) in [6.45, 7) is 4.02. The Kier molecular flexibility index (Phi) is 4.81. The fraction of sp³-hybridized carbons (Fsp3) is 0.538. The van der Waals surface area contributed by atoms with Crippen LogP contribution in [-0.2, 0) is 16.4 Å². The molecule has 0 aliphatic heterocycles. The van der Waals surface area contributed by atoms with Crippen LogP contribution in [0.4, 0.5) is 0 Å². The van der Waals surface area contributed by atoms with E-state index in [1.807, 2.05) is 0 Å². The summed E-state index contributed by atoms with van der Waals surface area (Å²) in [6.07, 6.45) is 1.22. The number of nitrogens with one attached hydrogen (secondary N) is 1. The van der Waals surface area contributed by atoms with Crippen molar-refractivity contribution in [3.05, 3.63) is 23.8 Å². The van der Waals surface area contributed by atoms with Crippen LogP contribution in [0.15, 0.2) is 18.2 Å². The third-order valence-electron chi connectivity index (χ3n) is 3.17. The molecule has 0 atom stereocenters. The second-order valence-corrected chi connectivity index (χ2v) is 7.75. The van der Waals surface area contributed by atoms with E-state index in [1.54, 1.807) is 32.0 Å². The lowest BCUT2D eigenvalue weighted by atomic mass is 10.1. The van der Waals surface area contributed by atoms with Crippen LogP contribution < -0.4 is 10.1 Å². The van der Waals surface area contributed by atoms with Gasteiger partial charge in [-0.25, -0.2) is 8.42 Å². The van der Waals surface area contributed by atoms with Crippen molar-refractivity contribution in [2.24, 2.45) is 0 Å². The molecule has 0 aliphatic rings. The van der Waals surface area contributed by atoms with Crippen molar-refractivity contribution >= 4 is 9.84 Å². The van der Waals surface area contributed by atoms with Crippen molar-refractivity contribution in [3.8, 4) is 11.5 Å². The first-order valence-corrected chi connectivity index (χ1v) is 7.83. The van der Waals surface area contributed by atoms with Crippen LogP contribution in [0, 0.1) is 0 Å². The molecule has 2 N–H and O–H groups in total. The predicted octanol–water partition coefficient (Wildman–Crippen LogP) is 1.31. The molecule has 1 rings (SSSR count). The average molecular weight is 287 g/mol. The van der Waals surface area contributed by atoms with Crippen LogP contribution in [0.1, 0.15) is 19.4 Å². The largest absolute Gasteiger partial charge is 0.504 e. The van der Waals surface area contributed by atoms with E-state index in [0.29, 0.717) is 24.4 Å². The zero-order valence-corrected chi connectivity index (χ0v) is 12.5. The molecule has 19 heavy (non-hydrogen) atoms. The molecule has 6 heteroatoms. The quantitative estimate of drug-likeness (QED) is 0.825. The van der Waals surface area contributed by atoms with Gasteiger partial charge >= 0.3 is 0 Å². The van der Waals surface area contributed by atoms with Crippen LogP contribution in [0.25, 0.3) is 0 Å². The Morgan fingerprint density at radius 3 is 2.53 bits per heavy atom. The number of aromatic hydroxyl groups is 1. The first-order valence-electron chi connectivity index (χ1n) is 5.94. The molecule has 0 unspecified atom stereocenters. The topological polar surface area (TPSA) is 75.6 Å². The molecule has 0 radical (unpaired) electrons. The van der Waals surface area contributed by atoms with E-state index < -0.39 is 14.6 Å². The van der Waals surface area contributed by atoms with Gasteiger partial charge in [-0.05, 0) is 19.9 Å². The number of phenols is 1. The zero-order chi connectivity index (χ0) is 14.7. The van der Waals surface area contributed by atoms with Crippen molar-refractivity contribution in [1.29, 1.82) is 0 Å². The monoisotopic (exact) mass is 287 g/mol. The lowest BCUT2D eigenvalue weighted by Crippen LogP contribution is -2.41. The highest BCUT2D eigenvalue weighted by Crippen LogP contribution is 2.29. The van der Waals surface area contributed by atoms with Gasteiger partial charge in [-0.3, -0.25) is 0 Å². The van der Waals surface area contributed by atoms with Gasteiger partial charge < -0.3 is 15.2 Å². The molecule has 1 aromatic rings. The predicted molar refractivity (Wildman–Crippen MR) is 75.3 cm³/mol. The van der Waals surface area contributed by atoms with Crippen molar-refractivity contribution in [2.75, 3.05) is 19.9 Å². The van der Waals surface area contributed by atoms with Gasteiger partial charge in [0, 0.05) is 24.9 Å². The maximum Gasteiger partial charge on any atom is 0.162 e. The SMILES string of the molecule is COc1cccc(CNCC(C)(C)S(C)(=O)=O)c1O. The van der Waals surface area contributed by atoms with Crippen LogP contribution in [-0.4, -0.2) is 38.2 Å². The number of para-hydroxylation sites is 1. The van der Waals surface area contributed by atoms with Crippen molar-refractivity contribution < 1.29 is 18.3 Å². The van der Waals surface area contributed by atoms with E-state index in [2.05, 4.69) is 5.32 Å². The number of sulfone groups is 1. The standard InChI is InChI=1S/C13H21NO4S/c1-13(2,19(4,16)17)9-14-8-10-6-5-7-11(18-3)12(10)15/h5-7,14-15H,8-9H2,1-4H3. The highest BCUT2D eigenvalue weighted by atomic mass is 32.2. The Bertz CT molecular complexity index is 538. The van der Waals surface area contributed by atoms with E-state index in [1.165, 1.54) is 13.4 Å². The summed E-state index contributed by atoms with van der Waals surface area (Å²) >= 11 is 0. The summed E-state index contributed by atoms with van der Waals surface area (Å²) in [4.78, 5) is 0. The third kappa shape index (κ3) is 3.84. The Labute approximate surface area is 114 Å². The molecule has 0 heterocycles. The molecular formula is C13H21NO4S. The zero-order valence-electron chi connectivity index (χ0n) is 11.7. The molecule has 0 bridgehead atoms. The highest BCUT2D eigenvalue weighted by Gasteiger charge is 2.29. The molecular weight excluding hydrogens is 266 g/mol. The normalized spacial score (nSPS) is 12.4. The smallest absolute Gasteiger partial charge is 0.162 e. The summed E-state index contributed by atoms with van der Waals surface area (Å²) in [7, 11) is -1.64. The van der Waals surface area contributed by atoms with Gasteiger partial charge in [0.2, 0.25) is 0 Å². The first-order chi connectivity index (χ1) is 8.69. The van der Waals surface area contributed by atoms with Crippen molar-refractivity contribution in [3.63, 3.8) is 0 Å². The number of hydrogen-bond acceptors (Lipinski definition) is 5. The van der Waals surface area contributed by atoms with Crippen LogP contribution in [0.5, 0.6) is 11.5 Å². The molecule has 0 saturated carbocycles. The van der Waals surface area contributed by atoms with E-state index in [-0.39, 0.29) is 5.75 Å². The van der Waals surface area contributed by atoms with Gasteiger partial charge in [-0.15, -0.1) is 0 Å². The molecule has 108 valence electrons. The lowest BCUT2D eigenvalue weighted by Gasteiger charge is -2.23. The van der Waals surface area contributed by atoms with E-state index >= 15 is 0 Å². The molecule has 0 fully saturated rings. The summed E-state index contributed by atoms with van der Waals surface area (Å²) in [5, 5.41) is 12.9. The molecule has 0 spiro atoms. The van der Waals surface area contributed by atoms with Crippen molar-refractivity contribution in [1.82, 2.24) is 5.32 Å². The Hall–Kier alpha value is -1.27. The van der Waals surface area contributed by atoms with E-state index in [0.717, 1.165) is 0 Å². The minimum absolute atomic E-state index is 0.0784. The second-order valence-electron chi connectivity index (χ2n) is 5.10. The number of methoxy groups -OCH3 is 1. The van der Waals surface area contributed by atoms with Gasteiger partial charge in [-0.2, -0.15) is 0 Å². The number of benzene rings is 1. The lowest BCUT2D eigenvalue weighted by molar-refractivity contribution is 0.369. The van der Waals surface area contributed by atoms with Crippen LogP contribution in [0.3, 0.4) is 0 Å². The maximum atomic E-state index is 11.6. The molecule has 5 nitrogen and oxygen atoms in total. The molecule has 0 amide bonds. The Balaban J connectivity index is 2.69. The fourth-order valence-corrected chi connectivity index (χ4v) is 1.87.